The van der Waals surface area contributed by atoms with E-state index in [2.05, 4.69) is 197 Å². The van der Waals surface area contributed by atoms with Crippen molar-refractivity contribution in [2.24, 2.45) is 0 Å². The summed E-state index contributed by atoms with van der Waals surface area (Å²) in [7, 11) is 0. The number of benzene rings is 8. The first-order chi connectivity index (χ1) is 28.3. The van der Waals surface area contributed by atoms with Crippen molar-refractivity contribution < 1.29 is 4.42 Å². The first-order valence-electron chi connectivity index (χ1n) is 19.4. The fraction of sp³-hybridized carbons (Fsp3) is 0. The van der Waals surface area contributed by atoms with E-state index in [9.17, 15) is 0 Å². The standard InChI is InChI=1S/C53H33N3O/c1-3-14-34(15-4-1)37-32-46(43-22-13-21-42-41-20-9-12-25-51(41)57-53(42)43)54-52(33-37)56-48-24-11-8-19-40(48)45-31-36(27-29-50(45)56)35-26-28-49-44(30-35)39-18-7-10-23-47(39)55(49)38-16-5-2-6-17-38/h1-33H. The molecular weight excluding hydrogens is 695 g/mol. The van der Waals surface area contributed by atoms with Gasteiger partial charge in [-0.15, -0.1) is 0 Å². The minimum atomic E-state index is 0.845. The summed E-state index contributed by atoms with van der Waals surface area (Å²) in [5, 5.41) is 7.04. The van der Waals surface area contributed by atoms with E-state index in [1.807, 2.05) is 12.1 Å². The van der Waals surface area contributed by atoms with Crippen molar-refractivity contribution in [2.75, 3.05) is 0 Å². The molecule has 57 heavy (non-hydrogen) atoms. The van der Waals surface area contributed by atoms with Crippen molar-refractivity contribution in [3.63, 3.8) is 0 Å². The van der Waals surface area contributed by atoms with E-state index in [-0.39, 0.29) is 0 Å². The van der Waals surface area contributed by atoms with Crippen LogP contribution < -0.4 is 0 Å². The zero-order chi connectivity index (χ0) is 37.5. The number of nitrogens with zero attached hydrogens (tertiary/aromatic N) is 3. The van der Waals surface area contributed by atoms with E-state index in [1.165, 1.54) is 43.7 Å². The van der Waals surface area contributed by atoms with Crippen molar-refractivity contribution in [3.05, 3.63) is 200 Å². The summed E-state index contributed by atoms with van der Waals surface area (Å²) in [5.41, 5.74) is 13.9. The van der Waals surface area contributed by atoms with Crippen molar-refractivity contribution in [1.29, 1.82) is 0 Å². The van der Waals surface area contributed by atoms with E-state index in [4.69, 9.17) is 9.40 Å². The molecule has 4 heterocycles. The zero-order valence-electron chi connectivity index (χ0n) is 30.8. The summed E-state index contributed by atoms with van der Waals surface area (Å²) >= 11 is 0. The molecule has 4 aromatic heterocycles. The van der Waals surface area contributed by atoms with Crippen molar-refractivity contribution in [3.8, 4) is 45.0 Å². The van der Waals surface area contributed by atoms with Gasteiger partial charge >= 0.3 is 0 Å². The van der Waals surface area contributed by atoms with Gasteiger partial charge < -0.3 is 8.98 Å². The number of pyridine rings is 1. The molecule has 0 unspecified atom stereocenters. The van der Waals surface area contributed by atoms with Crippen LogP contribution in [0.25, 0.3) is 111 Å². The van der Waals surface area contributed by atoms with Gasteiger partial charge in [-0.25, -0.2) is 4.98 Å². The highest BCUT2D eigenvalue weighted by atomic mass is 16.3. The molecule has 266 valence electrons. The van der Waals surface area contributed by atoms with Crippen LogP contribution in [0.15, 0.2) is 205 Å². The van der Waals surface area contributed by atoms with Crippen molar-refractivity contribution in [1.82, 2.24) is 14.1 Å². The molecule has 0 amide bonds. The maximum absolute atomic E-state index is 6.54. The maximum Gasteiger partial charge on any atom is 0.144 e. The number of para-hydroxylation sites is 5. The number of furan rings is 1. The monoisotopic (exact) mass is 727 g/mol. The Morgan fingerprint density at radius 3 is 1.63 bits per heavy atom. The fourth-order valence-corrected chi connectivity index (χ4v) is 8.92. The highest BCUT2D eigenvalue weighted by Gasteiger charge is 2.20. The molecule has 4 nitrogen and oxygen atoms in total. The van der Waals surface area contributed by atoms with Crippen LogP contribution in [0.4, 0.5) is 0 Å². The Bertz CT molecular complexity index is 3520. The van der Waals surface area contributed by atoms with Gasteiger partial charge in [-0.1, -0.05) is 127 Å². The van der Waals surface area contributed by atoms with E-state index in [0.717, 1.165) is 66.9 Å². The largest absolute Gasteiger partial charge is 0.455 e. The van der Waals surface area contributed by atoms with Gasteiger partial charge in [0, 0.05) is 43.6 Å². The third kappa shape index (κ3) is 4.91. The van der Waals surface area contributed by atoms with Gasteiger partial charge in [0.15, 0.2) is 0 Å². The predicted molar refractivity (Wildman–Crippen MR) is 237 cm³/mol. The number of hydrogen-bond acceptors (Lipinski definition) is 2. The summed E-state index contributed by atoms with van der Waals surface area (Å²) in [4.78, 5) is 5.46. The minimum Gasteiger partial charge on any atom is -0.455 e. The molecule has 0 bridgehead atoms. The predicted octanol–water partition coefficient (Wildman–Crippen LogP) is 14.2. The highest BCUT2D eigenvalue weighted by Crippen LogP contribution is 2.41. The van der Waals surface area contributed by atoms with E-state index >= 15 is 0 Å². The average Bonchev–Trinajstić information content (AvgIpc) is 3.94. The molecule has 0 aliphatic heterocycles. The lowest BCUT2D eigenvalue weighted by Crippen LogP contribution is -2.00. The number of hydrogen-bond donors (Lipinski definition) is 0. The molecule has 0 aliphatic carbocycles. The van der Waals surface area contributed by atoms with Gasteiger partial charge in [0.25, 0.3) is 0 Å². The van der Waals surface area contributed by atoms with E-state index in [1.54, 1.807) is 0 Å². The van der Waals surface area contributed by atoms with Crippen LogP contribution in [0.5, 0.6) is 0 Å². The molecule has 0 atom stereocenters. The Hall–Kier alpha value is -7.69. The molecule has 0 radical (unpaired) electrons. The summed E-state index contributed by atoms with van der Waals surface area (Å²) in [6.45, 7) is 0. The molecule has 12 rings (SSSR count). The first-order valence-corrected chi connectivity index (χ1v) is 19.4. The maximum atomic E-state index is 6.54. The van der Waals surface area contributed by atoms with Crippen LogP contribution in [0.3, 0.4) is 0 Å². The Morgan fingerprint density at radius 1 is 0.351 bits per heavy atom. The number of rotatable bonds is 5. The molecule has 8 aromatic carbocycles. The minimum absolute atomic E-state index is 0.845. The van der Waals surface area contributed by atoms with Crippen LogP contribution in [0.2, 0.25) is 0 Å². The molecule has 0 saturated carbocycles. The SMILES string of the molecule is c1ccc(-c2cc(-c3cccc4c3oc3ccccc34)nc(-n3c4ccccc4c4cc(-c5ccc6c(c5)c5ccccc5n6-c5ccccc5)ccc43)c2)cc1. The second-order valence-electron chi connectivity index (χ2n) is 14.8. The summed E-state index contributed by atoms with van der Waals surface area (Å²) < 4.78 is 11.2. The molecule has 0 aliphatic rings. The zero-order valence-corrected chi connectivity index (χ0v) is 30.8. The molecule has 12 aromatic rings. The molecule has 0 N–H and O–H groups in total. The van der Waals surface area contributed by atoms with Crippen LogP contribution in [-0.2, 0) is 0 Å². The van der Waals surface area contributed by atoms with E-state index in [0.29, 0.717) is 0 Å². The van der Waals surface area contributed by atoms with Gasteiger partial charge in [-0.05, 0) is 95.1 Å². The van der Waals surface area contributed by atoms with Crippen LogP contribution in [-0.4, -0.2) is 14.1 Å². The van der Waals surface area contributed by atoms with Gasteiger partial charge in [-0.2, -0.15) is 0 Å². The smallest absolute Gasteiger partial charge is 0.144 e. The topological polar surface area (TPSA) is 35.9 Å². The lowest BCUT2D eigenvalue weighted by molar-refractivity contribution is 0.670. The Morgan fingerprint density at radius 2 is 0.912 bits per heavy atom. The molecule has 4 heteroatoms. The Balaban J connectivity index is 1.06. The third-order valence-electron chi connectivity index (χ3n) is 11.5. The molecule has 0 spiro atoms. The normalized spacial score (nSPS) is 11.9. The van der Waals surface area contributed by atoms with Crippen molar-refractivity contribution in [2.45, 2.75) is 0 Å². The second-order valence-corrected chi connectivity index (χ2v) is 14.8. The summed E-state index contributed by atoms with van der Waals surface area (Å²) in [6.07, 6.45) is 0. The van der Waals surface area contributed by atoms with Crippen LogP contribution in [0.1, 0.15) is 0 Å². The number of aromatic nitrogens is 3. The third-order valence-corrected chi connectivity index (χ3v) is 11.5. The van der Waals surface area contributed by atoms with Gasteiger partial charge in [0.2, 0.25) is 0 Å². The lowest BCUT2D eigenvalue weighted by atomic mass is 10.0. The van der Waals surface area contributed by atoms with Crippen LogP contribution in [0, 0.1) is 0 Å². The van der Waals surface area contributed by atoms with Gasteiger partial charge in [-0.3, -0.25) is 4.57 Å². The molecule has 0 fully saturated rings. The van der Waals surface area contributed by atoms with Crippen LogP contribution >= 0.6 is 0 Å². The summed E-state index contributed by atoms with van der Waals surface area (Å²) in [5.74, 6) is 0.855. The summed E-state index contributed by atoms with van der Waals surface area (Å²) in [6, 6.07) is 71.3. The molecular formula is C53H33N3O. The highest BCUT2D eigenvalue weighted by molar-refractivity contribution is 6.13. The lowest BCUT2D eigenvalue weighted by Gasteiger charge is -2.13. The first kappa shape index (κ1) is 31.6. The fourth-order valence-electron chi connectivity index (χ4n) is 8.92. The average molecular weight is 728 g/mol. The molecule has 0 saturated heterocycles. The Kier molecular flexibility index (Phi) is 6.89. The van der Waals surface area contributed by atoms with Gasteiger partial charge in [0.1, 0.15) is 17.0 Å². The number of fused-ring (bicyclic) bond motifs is 9. The Labute approximate surface area is 328 Å². The van der Waals surface area contributed by atoms with Gasteiger partial charge in [0.05, 0.1) is 27.8 Å². The van der Waals surface area contributed by atoms with Crippen molar-refractivity contribution >= 4 is 65.6 Å². The van der Waals surface area contributed by atoms with E-state index < -0.39 is 0 Å². The second kappa shape index (κ2) is 12.4. The quantitative estimate of drug-likeness (QED) is 0.177.